The van der Waals surface area contributed by atoms with Crippen molar-refractivity contribution in [2.24, 2.45) is 11.8 Å². The van der Waals surface area contributed by atoms with Gasteiger partial charge in [0.05, 0.1) is 19.8 Å². The highest BCUT2D eigenvalue weighted by Crippen LogP contribution is 2.39. The van der Waals surface area contributed by atoms with Crippen molar-refractivity contribution in [2.45, 2.75) is 31.8 Å². The lowest BCUT2D eigenvalue weighted by atomic mass is 9.77. The van der Waals surface area contributed by atoms with E-state index in [4.69, 9.17) is 14.7 Å². The second kappa shape index (κ2) is 13.3. The topological polar surface area (TPSA) is 122 Å². The van der Waals surface area contributed by atoms with Crippen LogP contribution in [0.4, 0.5) is 32.0 Å². The molecule has 0 radical (unpaired) electrons. The van der Waals surface area contributed by atoms with E-state index in [1.54, 1.807) is 12.2 Å². The molecule has 46 heavy (non-hydrogen) atoms. The molecule has 240 valence electrons. The van der Waals surface area contributed by atoms with Crippen LogP contribution in [0.1, 0.15) is 46.7 Å². The smallest absolute Gasteiger partial charge is 0.255 e. The third kappa shape index (κ3) is 6.45. The normalized spacial score (nSPS) is 18.4. The molecule has 0 saturated carbocycles. The quantitative estimate of drug-likeness (QED) is 0.182. The monoisotopic (exact) mass is 645 g/mol. The van der Waals surface area contributed by atoms with Gasteiger partial charge in [0.25, 0.3) is 5.91 Å². The SMILES string of the molecule is CC(CC1COC(c2ccc(C(=O)Nc3c(F)c(F)c(C#N)c(F)c3F)cc2)OC1)C(O)(Cn1cncn1)c1ccc(F)cc1F. The minimum Gasteiger partial charge on any atom is -0.383 e. The van der Waals surface area contributed by atoms with Crippen molar-refractivity contribution in [3.63, 3.8) is 0 Å². The highest BCUT2D eigenvalue weighted by Gasteiger charge is 2.41. The summed E-state index contributed by atoms with van der Waals surface area (Å²) in [6.45, 7) is 1.92. The molecule has 2 N–H and O–H groups in total. The molecular formula is C31H25F6N5O4. The minimum absolute atomic E-state index is 0.100. The van der Waals surface area contributed by atoms with E-state index in [0.717, 1.165) is 12.1 Å². The number of aromatic nitrogens is 3. The molecule has 3 aromatic carbocycles. The molecular weight excluding hydrogens is 620 g/mol. The molecule has 1 fully saturated rings. The summed E-state index contributed by atoms with van der Waals surface area (Å²) < 4.78 is 97.8. The predicted molar refractivity (Wildman–Crippen MR) is 148 cm³/mol. The van der Waals surface area contributed by atoms with Crippen molar-refractivity contribution >= 4 is 11.6 Å². The van der Waals surface area contributed by atoms with Gasteiger partial charge in [0.1, 0.15) is 47.2 Å². The molecule has 9 nitrogen and oxygen atoms in total. The molecule has 2 unspecified atom stereocenters. The number of hydrogen-bond acceptors (Lipinski definition) is 7. The van der Waals surface area contributed by atoms with Gasteiger partial charge < -0.3 is 19.9 Å². The lowest BCUT2D eigenvalue weighted by molar-refractivity contribution is -0.210. The highest BCUT2D eigenvalue weighted by molar-refractivity contribution is 6.04. The summed E-state index contributed by atoms with van der Waals surface area (Å²) in [4.78, 5) is 16.4. The van der Waals surface area contributed by atoms with Gasteiger partial charge in [-0.15, -0.1) is 0 Å². The number of amides is 1. The summed E-state index contributed by atoms with van der Waals surface area (Å²) in [6.07, 6.45) is 2.10. The number of carbonyl (C=O) groups excluding carboxylic acids is 1. The van der Waals surface area contributed by atoms with Gasteiger partial charge >= 0.3 is 0 Å². The standard InChI is InChI=1S/C31H25F6N5O4/c1-16(31(44,13-42-15-39-14-40-42)22-7-6-20(32)9-23(22)33)8-17-11-45-30(46-12-17)19-4-2-18(3-5-19)29(43)41-28-26(36)24(34)21(10-38)25(35)27(28)37/h2-7,9,14-17,30,44H,8,11-13H2,1H3,(H,41,43). The zero-order valence-electron chi connectivity index (χ0n) is 24.0. The Hall–Kier alpha value is -4.78. The fourth-order valence-electron chi connectivity index (χ4n) is 5.29. The maximum absolute atomic E-state index is 14.8. The number of ether oxygens (including phenoxy) is 2. The van der Waals surface area contributed by atoms with Gasteiger partial charge in [-0.05, 0) is 30.5 Å². The van der Waals surface area contributed by atoms with Crippen LogP contribution in [0.3, 0.4) is 0 Å². The Morgan fingerprint density at radius 1 is 1.07 bits per heavy atom. The van der Waals surface area contributed by atoms with Crippen molar-refractivity contribution in [1.29, 1.82) is 5.26 Å². The van der Waals surface area contributed by atoms with Gasteiger partial charge in [-0.1, -0.05) is 25.1 Å². The van der Waals surface area contributed by atoms with Crippen LogP contribution in [0.5, 0.6) is 0 Å². The van der Waals surface area contributed by atoms with E-state index in [-0.39, 0.29) is 36.8 Å². The first-order chi connectivity index (χ1) is 21.9. The maximum atomic E-state index is 14.8. The highest BCUT2D eigenvalue weighted by atomic mass is 19.2. The van der Waals surface area contributed by atoms with Gasteiger partial charge in [-0.3, -0.25) is 4.79 Å². The number of rotatable bonds is 9. The lowest BCUT2D eigenvalue weighted by Gasteiger charge is -2.38. The second-order valence-electron chi connectivity index (χ2n) is 10.8. The van der Waals surface area contributed by atoms with Crippen molar-refractivity contribution in [3.05, 3.63) is 112 Å². The van der Waals surface area contributed by atoms with Crippen LogP contribution >= 0.6 is 0 Å². The van der Waals surface area contributed by atoms with Crippen molar-refractivity contribution in [2.75, 3.05) is 18.5 Å². The third-order valence-corrected chi connectivity index (χ3v) is 7.79. The number of nitrogens with zero attached hydrogens (tertiary/aromatic N) is 4. The molecule has 1 saturated heterocycles. The largest absolute Gasteiger partial charge is 0.383 e. The average Bonchev–Trinajstić information content (AvgIpc) is 3.55. The Morgan fingerprint density at radius 2 is 1.72 bits per heavy atom. The van der Waals surface area contributed by atoms with E-state index >= 15 is 0 Å². The summed E-state index contributed by atoms with van der Waals surface area (Å²) in [5.41, 5.74) is -4.36. The summed E-state index contributed by atoms with van der Waals surface area (Å²) >= 11 is 0. The number of benzene rings is 3. The molecule has 1 aliphatic heterocycles. The summed E-state index contributed by atoms with van der Waals surface area (Å²) in [7, 11) is 0. The molecule has 0 bridgehead atoms. The summed E-state index contributed by atoms with van der Waals surface area (Å²) in [6, 6.07) is 9.43. The van der Waals surface area contributed by atoms with Gasteiger partial charge in [0.2, 0.25) is 0 Å². The number of aliphatic hydroxyl groups is 1. The fourth-order valence-corrected chi connectivity index (χ4v) is 5.29. The molecule has 5 rings (SSSR count). The predicted octanol–water partition coefficient (Wildman–Crippen LogP) is 5.51. The summed E-state index contributed by atoms with van der Waals surface area (Å²) in [5.74, 6) is -11.3. The van der Waals surface area contributed by atoms with Crippen molar-refractivity contribution < 1.29 is 45.7 Å². The number of nitrogens with one attached hydrogen (secondary N) is 1. The number of halogens is 6. The first-order valence-electron chi connectivity index (χ1n) is 13.8. The fraction of sp³-hybridized carbons (Fsp3) is 0.290. The zero-order chi connectivity index (χ0) is 33.2. The first-order valence-corrected chi connectivity index (χ1v) is 13.8. The molecule has 0 spiro atoms. The van der Waals surface area contributed by atoms with E-state index in [1.807, 2.05) is 0 Å². The maximum Gasteiger partial charge on any atom is 0.255 e. The van der Waals surface area contributed by atoms with E-state index < -0.39 is 69.9 Å². The molecule has 2 heterocycles. The van der Waals surface area contributed by atoms with Crippen LogP contribution in [0.25, 0.3) is 0 Å². The number of carbonyl (C=O) groups is 1. The molecule has 1 amide bonds. The Kier molecular flexibility index (Phi) is 9.42. The van der Waals surface area contributed by atoms with Crippen molar-refractivity contribution in [1.82, 2.24) is 14.8 Å². The van der Waals surface area contributed by atoms with E-state index in [0.29, 0.717) is 18.1 Å². The Labute approximate surface area is 258 Å². The summed E-state index contributed by atoms with van der Waals surface area (Å²) in [5, 5.41) is 26.2. The lowest BCUT2D eigenvalue weighted by Crippen LogP contribution is -2.41. The Balaban J connectivity index is 1.22. The van der Waals surface area contributed by atoms with Crippen LogP contribution < -0.4 is 5.32 Å². The van der Waals surface area contributed by atoms with Crippen LogP contribution in [-0.4, -0.2) is 39.0 Å². The molecule has 1 aliphatic rings. The number of anilines is 1. The molecule has 0 aliphatic carbocycles. The number of hydrogen-bond donors (Lipinski definition) is 2. The van der Waals surface area contributed by atoms with E-state index in [9.17, 15) is 36.2 Å². The number of nitriles is 1. The van der Waals surface area contributed by atoms with Gasteiger partial charge in [-0.25, -0.2) is 36.0 Å². The van der Waals surface area contributed by atoms with Crippen LogP contribution in [0.15, 0.2) is 55.1 Å². The zero-order valence-corrected chi connectivity index (χ0v) is 24.0. The molecule has 2 atom stereocenters. The second-order valence-corrected chi connectivity index (χ2v) is 10.8. The van der Waals surface area contributed by atoms with Gasteiger partial charge in [0.15, 0.2) is 29.6 Å². The van der Waals surface area contributed by atoms with Crippen LogP contribution in [-0.2, 0) is 21.6 Å². The molecule has 15 heteroatoms. The molecule has 4 aromatic rings. The van der Waals surface area contributed by atoms with Gasteiger partial charge in [0, 0.05) is 28.7 Å². The third-order valence-electron chi connectivity index (χ3n) is 7.79. The van der Waals surface area contributed by atoms with Gasteiger partial charge in [-0.2, -0.15) is 10.4 Å². The molecule has 1 aromatic heterocycles. The van der Waals surface area contributed by atoms with E-state index in [1.165, 1.54) is 47.7 Å². The van der Waals surface area contributed by atoms with Crippen LogP contribution in [0, 0.1) is 58.1 Å². The average molecular weight is 646 g/mol. The minimum atomic E-state index is -1.94. The Morgan fingerprint density at radius 3 is 2.28 bits per heavy atom. The first kappa shape index (κ1) is 32.6. The van der Waals surface area contributed by atoms with Crippen LogP contribution in [0.2, 0.25) is 0 Å². The van der Waals surface area contributed by atoms with Crippen molar-refractivity contribution in [3.8, 4) is 6.07 Å². The Bertz CT molecular complexity index is 1750. The van der Waals surface area contributed by atoms with E-state index in [2.05, 4.69) is 10.1 Å².